The Morgan fingerprint density at radius 3 is 2.43 bits per heavy atom. The number of alkyl halides is 3. The van der Waals surface area contributed by atoms with E-state index >= 15 is 0 Å². The molecule has 3 aliphatic heterocycles. The number of nitrogens with one attached hydrogen (secondary N) is 1. The summed E-state index contributed by atoms with van der Waals surface area (Å²) in [5, 5.41) is 0.534. The van der Waals surface area contributed by atoms with Crippen molar-refractivity contribution in [3.8, 4) is 5.75 Å². The van der Waals surface area contributed by atoms with Crippen LogP contribution in [0.3, 0.4) is 0 Å². The van der Waals surface area contributed by atoms with Gasteiger partial charge in [-0.2, -0.15) is 13.2 Å². The summed E-state index contributed by atoms with van der Waals surface area (Å²) in [4.78, 5) is 59.5. The molecule has 240 valence electrons. The van der Waals surface area contributed by atoms with Crippen LogP contribution in [0.2, 0.25) is 0 Å². The molecule has 2 saturated carbocycles. The second-order valence-electron chi connectivity index (χ2n) is 12.3. The van der Waals surface area contributed by atoms with Crippen molar-refractivity contribution >= 4 is 46.5 Å². The predicted octanol–water partition coefficient (Wildman–Crippen LogP) is 4.37. The van der Waals surface area contributed by atoms with Crippen molar-refractivity contribution in [3.05, 3.63) is 74.2 Å². The molecule has 0 spiro atoms. The molecule has 14 heteroatoms. The second kappa shape index (κ2) is 11.0. The van der Waals surface area contributed by atoms with Crippen LogP contribution in [0.4, 0.5) is 18.9 Å². The number of carbonyl (C=O) groups is 3. The standard InChI is InChI=1S/C32H28F3N3O6S2/c33-32(34,35)18-6-2-3-7-19(18)38-29(40)24-16-13-17(25(24)30(38)41)26-23(16)22(27-28(45-26)36-31(42)46-27)15-5-1-4-8-20(15)44-14-21(39)37-9-11-43-12-10-37/h1-8,16-17,22-26H,9-14H2,(H,36,42)/t16?,17?,22-,23?,24?,25?,26?/m1/s1. The van der Waals surface area contributed by atoms with Gasteiger partial charge in [-0.15, -0.1) is 11.8 Å². The summed E-state index contributed by atoms with van der Waals surface area (Å²) in [6.07, 6.45) is -4.16. The van der Waals surface area contributed by atoms with Crippen LogP contribution in [0, 0.1) is 29.6 Å². The van der Waals surface area contributed by atoms with Crippen LogP contribution in [-0.4, -0.2) is 65.8 Å². The summed E-state index contributed by atoms with van der Waals surface area (Å²) in [5.41, 5.74) is -0.687. The molecular weight excluding hydrogens is 643 g/mol. The Bertz CT molecular complexity index is 1800. The Labute approximate surface area is 269 Å². The largest absolute Gasteiger partial charge is 0.483 e. The van der Waals surface area contributed by atoms with Gasteiger partial charge in [0.05, 0.1) is 41.3 Å². The Kier molecular flexibility index (Phi) is 7.11. The van der Waals surface area contributed by atoms with Gasteiger partial charge in [0.2, 0.25) is 11.8 Å². The van der Waals surface area contributed by atoms with Gasteiger partial charge in [-0.25, -0.2) is 4.90 Å². The smallest absolute Gasteiger partial charge is 0.418 e. The minimum Gasteiger partial charge on any atom is -0.483 e. The summed E-state index contributed by atoms with van der Waals surface area (Å²) in [6, 6.07) is 12.0. The maximum absolute atomic E-state index is 14.0. The number of fused-ring (bicyclic) bond motifs is 9. The molecule has 1 N–H and O–H groups in total. The van der Waals surface area contributed by atoms with E-state index in [4.69, 9.17) is 9.47 Å². The molecule has 8 rings (SSSR count). The lowest BCUT2D eigenvalue weighted by molar-refractivity contribution is -0.138. The monoisotopic (exact) mass is 671 g/mol. The first-order chi connectivity index (χ1) is 22.1. The SMILES string of the molecule is O=C(COc1ccccc1[C@H]1c2sc(=O)[nH]c2SC2C3CC(C4C(=O)N(c5ccccc5C(F)(F)F)C(=O)C34)C21)N1CCOCC1. The zero-order valence-electron chi connectivity index (χ0n) is 24.2. The van der Waals surface area contributed by atoms with Crippen molar-refractivity contribution in [1.82, 2.24) is 9.88 Å². The number of hydrogen-bond acceptors (Lipinski definition) is 8. The number of imide groups is 1. The lowest BCUT2D eigenvalue weighted by atomic mass is 9.68. The maximum Gasteiger partial charge on any atom is 0.418 e. The molecule has 7 atom stereocenters. The molecule has 3 aromatic rings. The fraction of sp³-hybridized carbons (Fsp3) is 0.438. The highest BCUT2D eigenvalue weighted by molar-refractivity contribution is 8.00. The van der Waals surface area contributed by atoms with Gasteiger partial charge in [0.1, 0.15) is 5.75 Å². The topological polar surface area (TPSA) is 109 Å². The van der Waals surface area contributed by atoms with E-state index in [1.54, 1.807) is 17.0 Å². The number of para-hydroxylation sites is 2. The number of hydrogen-bond donors (Lipinski definition) is 1. The van der Waals surface area contributed by atoms with E-state index in [1.165, 1.54) is 30.0 Å². The summed E-state index contributed by atoms with van der Waals surface area (Å²) in [6.45, 7) is 1.71. The van der Waals surface area contributed by atoms with E-state index in [2.05, 4.69) is 4.98 Å². The van der Waals surface area contributed by atoms with E-state index < -0.39 is 41.1 Å². The molecule has 5 aliphatic rings. The van der Waals surface area contributed by atoms with E-state index in [0.717, 1.165) is 32.7 Å². The van der Waals surface area contributed by atoms with Crippen molar-refractivity contribution in [3.63, 3.8) is 0 Å². The molecule has 0 radical (unpaired) electrons. The van der Waals surface area contributed by atoms with Crippen molar-refractivity contribution in [2.75, 3.05) is 37.8 Å². The minimum absolute atomic E-state index is 0.161. The number of rotatable bonds is 5. The highest BCUT2D eigenvalue weighted by Gasteiger charge is 2.70. The van der Waals surface area contributed by atoms with Gasteiger partial charge < -0.3 is 19.4 Å². The van der Waals surface area contributed by atoms with Gasteiger partial charge in [0.25, 0.3) is 5.91 Å². The first-order valence-corrected chi connectivity index (χ1v) is 16.8. The molecule has 9 nitrogen and oxygen atoms in total. The Morgan fingerprint density at radius 1 is 0.978 bits per heavy atom. The third-order valence-corrected chi connectivity index (χ3v) is 12.7. The van der Waals surface area contributed by atoms with Crippen molar-refractivity contribution < 1.29 is 37.0 Å². The van der Waals surface area contributed by atoms with Crippen LogP contribution in [0.5, 0.6) is 5.75 Å². The number of anilines is 1. The third-order valence-electron chi connectivity index (χ3n) is 10.1. The molecule has 4 heterocycles. The number of nitrogens with zero attached hydrogens (tertiary/aromatic N) is 2. The number of carbonyl (C=O) groups excluding carboxylic acids is 3. The van der Waals surface area contributed by atoms with Gasteiger partial charge in [-0.3, -0.25) is 19.2 Å². The Morgan fingerprint density at radius 2 is 1.67 bits per heavy atom. The van der Waals surface area contributed by atoms with Crippen LogP contribution in [0.15, 0.2) is 58.4 Å². The molecule has 2 bridgehead atoms. The molecule has 3 amide bonds. The average Bonchev–Trinajstić information content (AvgIpc) is 3.78. The Hall–Kier alpha value is -3.62. The van der Waals surface area contributed by atoms with E-state index in [1.807, 2.05) is 12.1 Å². The molecule has 46 heavy (non-hydrogen) atoms. The number of ether oxygens (including phenoxy) is 2. The summed E-state index contributed by atoms with van der Waals surface area (Å²) in [5.74, 6) is -3.52. The average molecular weight is 672 g/mol. The van der Waals surface area contributed by atoms with Gasteiger partial charge in [0.15, 0.2) is 6.61 Å². The van der Waals surface area contributed by atoms with E-state index in [9.17, 15) is 32.3 Å². The zero-order valence-corrected chi connectivity index (χ0v) is 25.8. The van der Waals surface area contributed by atoms with E-state index in [0.29, 0.717) is 43.5 Å². The van der Waals surface area contributed by atoms with Crippen LogP contribution < -0.4 is 14.5 Å². The lowest BCUT2D eigenvalue weighted by Crippen LogP contribution is -2.43. The molecule has 2 aromatic carbocycles. The molecule has 6 unspecified atom stereocenters. The number of H-pyrrole nitrogens is 1. The van der Waals surface area contributed by atoms with Crippen molar-refractivity contribution in [1.29, 1.82) is 0 Å². The predicted molar refractivity (Wildman–Crippen MR) is 162 cm³/mol. The van der Waals surface area contributed by atoms with Crippen LogP contribution >= 0.6 is 23.1 Å². The molecular formula is C32H28F3N3O6S2. The lowest BCUT2D eigenvalue weighted by Gasteiger charge is -2.43. The third kappa shape index (κ3) is 4.54. The minimum atomic E-state index is -4.74. The number of thioether (sulfide) groups is 1. The maximum atomic E-state index is 14.0. The fourth-order valence-electron chi connectivity index (χ4n) is 8.42. The van der Waals surface area contributed by atoms with Gasteiger partial charge in [0, 0.05) is 34.7 Å². The van der Waals surface area contributed by atoms with Crippen LogP contribution in [0.25, 0.3) is 0 Å². The summed E-state index contributed by atoms with van der Waals surface area (Å²) < 4.78 is 53.4. The number of benzene rings is 2. The molecule has 1 aromatic heterocycles. The highest BCUT2D eigenvalue weighted by atomic mass is 32.2. The van der Waals surface area contributed by atoms with Gasteiger partial charge >= 0.3 is 11.0 Å². The van der Waals surface area contributed by atoms with E-state index in [-0.39, 0.29) is 46.3 Å². The number of amides is 3. The number of thiazole rings is 1. The number of morpholine rings is 1. The van der Waals surface area contributed by atoms with Crippen molar-refractivity contribution in [2.45, 2.75) is 28.8 Å². The number of aromatic nitrogens is 1. The van der Waals surface area contributed by atoms with Crippen LogP contribution in [0.1, 0.15) is 28.3 Å². The quantitative estimate of drug-likeness (QED) is 0.402. The first kappa shape index (κ1) is 29.8. The Balaban J connectivity index is 1.15. The van der Waals surface area contributed by atoms with Gasteiger partial charge in [-0.1, -0.05) is 41.7 Å². The molecule has 4 fully saturated rings. The molecule has 2 aliphatic carbocycles. The normalized spacial score (nSPS) is 29.9. The highest BCUT2D eigenvalue weighted by Crippen LogP contribution is 2.69. The van der Waals surface area contributed by atoms with Crippen LogP contribution in [-0.2, 0) is 25.3 Å². The van der Waals surface area contributed by atoms with Gasteiger partial charge in [-0.05, 0) is 42.4 Å². The number of halogens is 3. The van der Waals surface area contributed by atoms with Crippen molar-refractivity contribution in [2.24, 2.45) is 29.6 Å². The summed E-state index contributed by atoms with van der Waals surface area (Å²) in [7, 11) is 0. The first-order valence-electron chi connectivity index (χ1n) is 15.1. The molecule has 2 saturated heterocycles. The fourth-order valence-corrected chi connectivity index (χ4v) is 11.3. The number of aromatic amines is 1. The zero-order chi connectivity index (χ0) is 31.9. The second-order valence-corrected chi connectivity index (χ2v) is 14.5. The summed E-state index contributed by atoms with van der Waals surface area (Å²) >= 11 is 2.58.